The van der Waals surface area contributed by atoms with Crippen LogP contribution in [0.3, 0.4) is 0 Å². The summed E-state index contributed by atoms with van der Waals surface area (Å²) in [6.45, 7) is 58.5. The fraction of sp³-hybridized carbons (Fsp3) is 0.778. The molecule has 0 aromatic rings. The van der Waals surface area contributed by atoms with Gasteiger partial charge in [-0.05, 0) is 61.9 Å². The van der Waals surface area contributed by atoms with Gasteiger partial charge in [-0.2, -0.15) is 0 Å². The second-order valence-corrected chi connectivity index (χ2v) is 12.1. The number of hydrogen-bond donors (Lipinski definition) is 0. The van der Waals surface area contributed by atoms with Crippen LogP contribution in [0, 0.1) is 23.2 Å². The van der Waals surface area contributed by atoms with Gasteiger partial charge in [-0.3, -0.25) is 0 Å². The Labute approximate surface area is 298 Å². The van der Waals surface area contributed by atoms with Gasteiger partial charge in [-0.25, -0.2) is 0 Å². The van der Waals surface area contributed by atoms with Crippen molar-refractivity contribution in [1.82, 2.24) is 0 Å². The molecule has 0 atom stereocenters. The number of hydrogen-bond acceptors (Lipinski definition) is 1. The van der Waals surface area contributed by atoms with Crippen LogP contribution < -0.4 is 0 Å². The van der Waals surface area contributed by atoms with Crippen molar-refractivity contribution in [1.29, 1.82) is 0 Å². The zero-order chi connectivity index (χ0) is 38.6. The Hall–Kier alpha value is -1.50. The van der Waals surface area contributed by atoms with Crippen molar-refractivity contribution in [2.45, 2.75) is 202 Å². The van der Waals surface area contributed by atoms with E-state index in [1.54, 1.807) is 11.6 Å². The Morgan fingerprint density at radius 1 is 0.739 bits per heavy atom. The summed E-state index contributed by atoms with van der Waals surface area (Å²) >= 11 is 0. The van der Waals surface area contributed by atoms with Gasteiger partial charge in [0, 0.05) is 0 Å². The maximum Gasteiger partial charge on any atom is 0.111 e. The summed E-state index contributed by atoms with van der Waals surface area (Å²) in [6.07, 6.45) is 18.2. The molecule has 0 saturated heterocycles. The lowest BCUT2D eigenvalue weighted by atomic mass is 9.84. The molecule has 46 heavy (non-hydrogen) atoms. The summed E-state index contributed by atoms with van der Waals surface area (Å²) in [7, 11) is 0. The monoisotopic (exact) mass is 653 g/mol. The highest BCUT2D eigenvalue weighted by Gasteiger charge is 2.14. The Balaban J connectivity index is -0.0000000645. The van der Waals surface area contributed by atoms with Crippen LogP contribution in [0.5, 0.6) is 0 Å². The van der Waals surface area contributed by atoms with E-state index >= 15 is 0 Å². The minimum absolute atomic E-state index is 0.380. The summed E-state index contributed by atoms with van der Waals surface area (Å²) in [5.41, 5.74) is 3.21. The van der Waals surface area contributed by atoms with Gasteiger partial charge in [-0.15, -0.1) is 19.7 Å². The molecule has 0 radical (unpaired) electrons. The van der Waals surface area contributed by atoms with Crippen molar-refractivity contribution in [3.63, 3.8) is 0 Å². The van der Waals surface area contributed by atoms with Crippen LogP contribution in [-0.2, 0) is 4.74 Å². The first-order chi connectivity index (χ1) is 21.7. The maximum absolute atomic E-state index is 5.31. The van der Waals surface area contributed by atoms with Gasteiger partial charge in [0.25, 0.3) is 0 Å². The SMILES string of the molecule is C=C.C=C(C)CC.C=CC(=C)OCCC(CC)CC.CC.CC.CC.CC/C=C(\CC)C(C)(C)C.CC1CCC(C)CC1.CCC. The van der Waals surface area contributed by atoms with E-state index in [0.29, 0.717) is 11.2 Å². The summed E-state index contributed by atoms with van der Waals surface area (Å²) < 4.78 is 5.31. The first-order valence-electron chi connectivity index (χ1n) is 19.5. The predicted octanol–water partition coefficient (Wildman–Crippen LogP) is 17.4. The fourth-order valence-electron chi connectivity index (χ4n) is 3.77. The molecule has 1 nitrogen and oxygen atoms in total. The van der Waals surface area contributed by atoms with Gasteiger partial charge in [-0.1, -0.05) is 200 Å². The third-order valence-corrected chi connectivity index (χ3v) is 6.90. The lowest BCUT2D eigenvalue weighted by Crippen LogP contribution is -2.08. The molecule has 1 aliphatic carbocycles. The minimum atomic E-state index is 0.380. The molecule has 0 aliphatic heterocycles. The van der Waals surface area contributed by atoms with E-state index in [1.165, 1.54) is 63.4 Å². The van der Waals surface area contributed by atoms with Crippen LogP contribution in [0.1, 0.15) is 202 Å². The quantitative estimate of drug-likeness (QED) is 0.130. The van der Waals surface area contributed by atoms with E-state index in [0.717, 1.165) is 37.2 Å². The van der Waals surface area contributed by atoms with Crippen LogP contribution >= 0.6 is 0 Å². The van der Waals surface area contributed by atoms with Crippen molar-refractivity contribution < 1.29 is 4.74 Å². The van der Waals surface area contributed by atoms with Crippen molar-refractivity contribution in [3.05, 3.63) is 62.0 Å². The average Bonchev–Trinajstić information content (AvgIpc) is 3.07. The highest BCUT2D eigenvalue weighted by Crippen LogP contribution is 2.28. The van der Waals surface area contributed by atoms with Crippen molar-refractivity contribution in [2.75, 3.05) is 6.61 Å². The number of allylic oxidation sites excluding steroid dienone is 4. The Bertz CT molecular complexity index is 552. The summed E-state index contributed by atoms with van der Waals surface area (Å²) in [5.74, 6) is 3.51. The van der Waals surface area contributed by atoms with Crippen molar-refractivity contribution >= 4 is 0 Å². The molecule has 1 rings (SSSR count). The van der Waals surface area contributed by atoms with E-state index in [-0.39, 0.29) is 0 Å². The highest BCUT2D eigenvalue weighted by atomic mass is 16.5. The summed E-state index contributed by atoms with van der Waals surface area (Å²) in [5, 5.41) is 0. The summed E-state index contributed by atoms with van der Waals surface area (Å²) in [6, 6.07) is 0. The normalized spacial score (nSPS) is 14.2. The third kappa shape index (κ3) is 65.2. The Morgan fingerprint density at radius 2 is 1.07 bits per heavy atom. The molecule has 0 N–H and O–H groups in total. The van der Waals surface area contributed by atoms with Gasteiger partial charge >= 0.3 is 0 Å². The van der Waals surface area contributed by atoms with Gasteiger partial charge in [0.05, 0.1) is 6.61 Å². The molecular weight excluding hydrogens is 556 g/mol. The number of rotatable bonds is 10. The van der Waals surface area contributed by atoms with Crippen LogP contribution in [0.4, 0.5) is 0 Å². The van der Waals surface area contributed by atoms with E-state index in [1.807, 2.05) is 48.5 Å². The van der Waals surface area contributed by atoms with E-state index in [4.69, 9.17) is 4.74 Å². The van der Waals surface area contributed by atoms with Crippen LogP contribution in [0.25, 0.3) is 0 Å². The van der Waals surface area contributed by atoms with Crippen LogP contribution in [0.15, 0.2) is 62.0 Å². The molecule has 0 bridgehead atoms. The van der Waals surface area contributed by atoms with Gasteiger partial charge in [0.15, 0.2) is 0 Å². The second kappa shape index (κ2) is 55.9. The number of ether oxygens (including phenoxy) is 1. The molecule has 1 saturated carbocycles. The van der Waals surface area contributed by atoms with Gasteiger partial charge < -0.3 is 4.74 Å². The van der Waals surface area contributed by atoms with Crippen molar-refractivity contribution in [3.8, 4) is 0 Å². The molecule has 0 aromatic heterocycles. The molecule has 1 heteroatoms. The largest absolute Gasteiger partial charge is 0.494 e. The molecule has 0 spiro atoms. The standard InChI is InChI=1S/C11H20O.C10H20.C8H16.C5H10.C3H8.3C2H6.C2H4/c1-5-10(4)12-9-8-11(6-2)7-3;1-6-8-9(7-2)10(3,4)5;1-7-3-5-8(2)6-4-7;1-4-5(2)3;1-3-2;4*1-2/h5,11H,1,4,6-9H2,2-3H3;8H,6-7H2,1-5H3;7-8H,3-6H2,1-2H3;2,4H2,1,3H3;3H2,1-2H3;3*1-2H3;1-2H2/b;9-8+;;;;;;;. The van der Waals surface area contributed by atoms with E-state index in [9.17, 15) is 0 Å². The molecule has 0 unspecified atom stereocenters. The molecule has 282 valence electrons. The smallest absolute Gasteiger partial charge is 0.111 e. The zero-order valence-corrected chi connectivity index (χ0v) is 36.3. The first-order valence-corrected chi connectivity index (χ1v) is 19.5. The molecular formula is C45H96O. The van der Waals surface area contributed by atoms with Gasteiger partial charge in [0.1, 0.15) is 5.76 Å². The lowest BCUT2D eigenvalue weighted by Gasteiger charge is -2.22. The van der Waals surface area contributed by atoms with Gasteiger partial charge in [0.2, 0.25) is 0 Å². The first kappa shape index (κ1) is 63.2. The Kier molecular flexibility index (Phi) is 76.8. The molecule has 0 aromatic carbocycles. The molecule has 0 amide bonds. The maximum atomic E-state index is 5.31. The topological polar surface area (TPSA) is 9.23 Å². The van der Waals surface area contributed by atoms with Crippen molar-refractivity contribution in [2.24, 2.45) is 23.2 Å². The van der Waals surface area contributed by atoms with Crippen LogP contribution in [-0.4, -0.2) is 6.61 Å². The second-order valence-electron chi connectivity index (χ2n) is 12.1. The zero-order valence-electron chi connectivity index (χ0n) is 36.3. The Morgan fingerprint density at radius 3 is 1.24 bits per heavy atom. The van der Waals surface area contributed by atoms with E-state index < -0.39 is 0 Å². The fourth-order valence-corrected chi connectivity index (χ4v) is 3.77. The third-order valence-electron chi connectivity index (χ3n) is 6.90. The lowest BCUT2D eigenvalue weighted by molar-refractivity contribution is 0.198. The molecule has 1 aliphatic rings. The molecule has 1 fully saturated rings. The predicted molar refractivity (Wildman–Crippen MR) is 225 cm³/mol. The summed E-state index contributed by atoms with van der Waals surface area (Å²) in [4.78, 5) is 0. The van der Waals surface area contributed by atoms with E-state index in [2.05, 4.69) is 122 Å². The average molecular weight is 653 g/mol. The minimum Gasteiger partial charge on any atom is -0.494 e. The molecule has 0 heterocycles. The van der Waals surface area contributed by atoms with Crippen LogP contribution in [0.2, 0.25) is 0 Å². The highest BCUT2D eigenvalue weighted by molar-refractivity contribution is 5.09.